The van der Waals surface area contributed by atoms with Crippen LogP contribution in [0.4, 0.5) is 8.78 Å². The molecule has 18 heavy (non-hydrogen) atoms. The number of nitrogens with zero attached hydrogens (tertiary/aromatic N) is 2. The van der Waals surface area contributed by atoms with Crippen LogP contribution >= 0.6 is 15.9 Å². The molecule has 4 nitrogen and oxygen atoms in total. The molecule has 1 aromatic carbocycles. The molecule has 1 N–H and O–H groups in total. The van der Waals surface area contributed by atoms with Crippen molar-refractivity contribution in [2.75, 3.05) is 13.6 Å². The minimum Gasteiger partial charge on any atom is -0.339 e. The van der Waals surface area contributed by atoms with Crippen molar-refractivity contribution in [2.24, 2.45) is 0 Å². The third-order valence-electron chi connectivity index (χ3n) is 2.33. The molecular weight excluding hydrogens is 308 g/mol. The minimum absolute atomic E-state index is 0.0107. The summed E-state index contributed by atoms with van der Waals surface area (Å²) in [5.74, 6) is -1.22. The number of hydrogen-bond acceptors (Lipinski definition) is 4. The van der Waals surface area contributed by atoms with Crippen LogP contribution < -0.4 is 5.32 Å². The highest BCUT2D eigenvalue weighted by Gasteiger charge is 2.16. The predicted molar refractivity (Wildman–Crippen MR) is 65.0 cm³/mol. The number of aromatic nitrogens is 2. The molecule has 7 heteroatoms. The summed E-state index contributed by atoms with van der Waals surface area (Å²) in [6, 6.07) is 2.42. The molecule has 0 fully saturated rings. The maximum atomic E-state index is 13.4. The van der Waals surface area contributed by atoms with Gasteiger partial charge in [0.05, 0.1) is 4.47 Å². The van der Waals surface area contributed by atoms with Gasteiger partial charge >= 0.3 is 0 Å². The molecule has 1 heterocycles. The second-order valence-electron chi connectivity index (χ2n) is 3.59. The smallest absolute Gasteiger partial charge is 0.228 e. The molecule has 2 rings (SSSR count). The van der Waals surface area contributed by atoms with Gasteiger partial charge in [-0.05, 0) is 35.1 Å². The number of benzene rings is 1. The minimum atomic E-state index is -0.964. The van der Waals surface area contributed by atoms with E-state index >= 15 is 0 Å². The average molecular weight is 318 g/mol. The topological polar surface area (TPSA) is 51.0 Å². The molecule has 0 saturated heterocycles. The van der Waals surface area contributed by atoms with Crippen molar-refractivity contribution in [2.45, 2.75) is 6.42 Å². The molecule has 0 atom stereocenters. The molecule has 0 aliphatic rings. The average Bonchev–Trinajstić information content (AvgIpc) is 2.82. The fraction of sp³-hybridized carbons (Fsp3) is 0.273. The Hall–Kier alpha value is -1.34. The monoisotopic (exact) mass is 317 g/mol. The van der Waals surface area contributed by atoms with Gasteiger partial charge < -0.3 is 9.84 Å². The zero-order chi connectivity index (χ0) is 13.1. The number of halogens is 3. The number of hydrogen-bond donors (Lipinski definition) is 1. The number of likely N-dealkylation sites (N-methyl/N-ethyl adjacent to an activating group) is 1. The van der Waals surface area contributed by atoms with Crippen LogP contribution in [0.5, 0.6) is 0 Å². The Morgan fingerprint density at radius 3 is 2.89 bits per heavy atom. The molecule has 0 bridgehead atoms. The van der Waals surface area contributed by atoms with Gasteiger partial charge in [0.1, 0.15) is 0 Å². The molecule has 0 amide bonds. The van der Waals surface area contributed by atoms with Gasteiger partial charge in [-0.3, -0.25) is 0 Å². The normalized spacial score (nSPS) is 10.9. The highest BCUT2D eigenvalue weighted by atomic mass is 79.9. The summed E-state index contributed by atoms with van der Waals surface area (Å²) in [7, 11) is 1.81. The zero-order valence-corrected chi connectivity index (χ0v) is 11.1. The van der Waals surface area contributed by atoms with Gasteiger partial charge in [0.25, 0.3) is 0 Å². The van der Waals surface area contributed by atoms with E-state index in [0.29, 0.717) is 24.4 Å². The van der Waals surface area contributed by atoms with Crippen LogP contribution in [-0.4, -0.2) is 23.7 Å². The van der Waals surface area contributed by atoms with Gasteiger partial charge in [0.2, 0.25) is 11.7 Å². The Labute approximate surface area is 111 Å². The van der Waals surface area contributed by atoms with E-state index in [2.05, 4.69) is 31.4 Å². The Balaban J connectivity index is 2.31. The quantitative estimate of drug-likeness (QED) is 0.880. The number of rotatable bonds is 4. The number of nitrogens with one attached hydrogen (secondary N) is 1. The zero-order valence-electron chi connectivity index (χ0n) is 9.51. The van der Waals surface area contributed by atoms with Crippen molar-refractivity contribution in [3.63, 3.8) is 0 Å². The lowest BCUT2D eigenvalue weighted by Gasteiger charge is -2.00. The lowest BCUT2D eigenvalue weighted by atomic mass is 10.2. The van der Waals surface area contributed by atoms with Crippen LogP contribution in [0, 0.1) is 11.6 Å². The maximum absolute atomic E-state index is 13.4. The Bertz CT molecular complexity index is 559. The maximum Gasteiger partial charge on any atom is 0.228 e. The molecule has 0 saturated carbocycles. The van der Waals surface area contributed by atoms with E-state index in [1.54, 1.807) is 0 Å². The van der Waals surface area contributed by atoms with Crippen LogP contribution in [0.15, 0.2) is 21.1 Å². The first kappa shape index (κ1) is 13.1. The molecule has 0 radical (unpaired) electrons. The Morgan fingerprint density at radius 1 is 1.39 bits per heavy atom. The first-order chi connectivity index (χ1) is 8.63. The second kappa shape index (κ2) is 5.53. The van der Waals surface area contributed by atoms with E-state index in [0.717, 1.165) is 6.07 Å². The van der Waals surface area contributed by atoms with Crippen LogP contribution in [0.25, 0.3) is 11.4 Å². The fourth-order valence-corrected chi connectivity index (χ4v) is 1.90. The van der Waals surface area contributed by atoms with Crippen molar-refractivity contribution in [3.8, 4) is 11.4 Å². The van der Waals surface area contributed by atoms with Gasteiger partial charge in [0, 0.05) is 18.5 Å². The third-order valence-corrected chi connectivity index (χ3v) is 3.11. The standard InChI is InChI=1S/C11H10BrF2N3O/c1-15-5-4-8-16-11(17-18-8)6-2-3-7(13)10(14)9(6)12/h2-3,15H,4-5H2,1H3. The van der Waals surface area contributed by atoms with E-state index in [9.17, 15) is 8.78 Å². The van der Waals surface area contributed by atoms with E-state index < -0.39 is 11.6 Å². The van der Waals surface area contributed by atoms with Gasteiger partial charge in [-0.15, -0.1) is 0 Å². The van der Waals surface area contributed by atoms with E-state index in [-0.39, 0.29) is 10.3 Å². The summed E-state index contributed by atoms with van der Waals surface area (Å²) in [4.78, 5) is 4.11. The SMILES string of the molecule is CNCCc1nc(-c2ccc(F)c(F)c2Br)no1. The Morgan fingerprint density at radius 2 is 2.17 bits per heavy atom. The molecule has 96 valence electrons. The van der Waals surface area contributed by atoms with Gasteiger partial charge in [-0.1, -0.05) is 5.16 Å². The van der Waals surface area contributed by atoms with E-state index in [1.807, 2.05) is 7.05 Å². The highest BCUT2D eigenvalue weighted by Crippen LogP contribution is 2.29. The van der Waals surface area contributed by atoms with E-state index in [4.69, 9.17) is 4.52 Å². The predicted octanol–water partition coefficient (Wildman–Crippen LogP) is 2.54. The van der Waals surface area contributed by atoms with Crippen molar-refractivity contribution in [1.29, 1.82) is 0 Å². The van der Waals surface area contributed by atoms with Crippen LogP contribution in [0.3, 0.4) is 0 Å². The summed E-state index contributed by atoms with van der Waals surface area (Å²) in [6.45, 7) is 0.695. The summed E-state index contributed by atoms with van der Waals surface area (Å²) >= 11 is 2.98. The van der Waals surface area contributed by atoms with Crippen molar-refractivity contribution in [1.82, 2.24) is 15.5 Å². The van der Waals surface area contributed by atoms with E-state index in [1.165, 1.54) is 6.07 Å². The van der Waals surface area contributed by atoms with Gasteiger partial charge in [-0.25, -0.2) is 8.78 Å². The highest BCUT2D eigenvalue weighted by molar-refractivity contribution is 9.10. The molecule has 1 aromatic heterocycles. The van der Waals surface area contributed by atoms with Crippen LogP contribution in [0.2, 0.25) is 0 Å². The lowest BCUT2D eigenvalue weighted by molar-refractivity contribution is 0.377. The molecule has 0 spiro atoms. The van der Waals surface area contributed by atoms with Crippen molar-refractivity contribution >= 4 is 15.9 Å². The van der Waals surface area contributed by atoms with Crippen molar-refractivity contribution < 1.29 is 13.3 Å². The first-order valence-electron chi connectivity index (χ1n) is 5.24. The van der Waals surface area contributed by atoms with Crippen LogP contribution in [0.1, 0.15) is 5.89 Å². The molecule has 2 aromatic rings. The summed E-state index contributed by atoms with van der Waals surface area (Å²) < 4.78 is 31.3. The second-order valence-corrected chi connectivity index (χ2v) is 4.38. The summed E-state index contributed by atoms with van der Waals surface area (Å²) in [6.07, 6.45) is 0.574. The molecule has 0 aliphatic heterocycles. The van der Waals surface area contributed by atoms with Gasteiger partial charge in [-0.2, -0.15) is 4.98 Å². The largest absolute Gasteiger partial charge is 0.339 e. The lowest BCUT2D eigenvalue weighted by Crippen LogP contribution is -2.10. The first-order valence-corrected chi connectivity index (χ1v) is 6.04. The van der Waals surface area contributed by atoms with Crippen LogP contribution in [-0.2, 0) is 6.42 Å². The Kier molecular flexibility index (Phi) is 4.03. The molecule has 0 unspecified atom stereocenters. The fourth-order valence-electron chi connectivity index (χ4n) is 1.40. The summed E-state index contributed by atoms with van der Waals surface area (Å²) in [5, 5.41) is 6.68. The molecular formula is C11H10BrF2N3O. The van der Waals surface area contributed by atoms with Gasteiger partial charge in [0.15, 0.2) is 11.6 Å². The van der Waals surface area contributed by atoms with Crippen molar-refractivity contribution in [3.05, 3.63) is 34.1 Å². The third kappa shape index (κ3) is 2.56. The summed E-state index contributed by atoms with van der Waals surface area (Å²) in [5.41, 5.74) is 0.355. The molecule has 0 aliphatic carbocycles.